The first-order valence-electron chi connectivity index (χ1n) is 7.14. The zero-order valence-electron chi connectivity index (χ0n) is 13.3. The number of aryl methyl sites for hydroxylation is 1. The molecule has 0 aliphatic carbocycles. The minimum absolute atomic E-state index is 0.340. The van der Waals surface area contributed by atoms with Gasteiger partial charge < -0.3 is 14.7 Å². The maximum absolute atomic E-state index is 12.5. The minimum atomic E-state index is -1.09. The fourth-order valence-corrected chi connectivity index (χ4v) is 2.34. The molecule has 0 heterocycles. The number of carbonyl (C=O) groups excluding carboxylic acids is 1. The maximum atomic E-state index is 12.5. The van der Waals surface area contributed by atoms with Gasteiger partial charge in [-0.05, 0) is 36.8 Å². The van der Waals surface area contributed by atoms with Gasteiger partial charge in [0, 0.05) is 12.6 Å². The Morgan fingerprint density at radius 1 is 1.04 bits per heavy atom. The number of carboxylic acids is 1. The first kappa shape index (κ1) is 16.5. The monoisotopic (exact) mass is 313 g/mol. The third kappa shape index (κ3) is 3.69. The van der Waals surface area contributed by atoms with Crippen LogP contribution < -0.4 is 4.74 Å². The Balaban J connectivity index is 2.30. The van der Waals surface area contributed by atoms with Crippen LogP contribution >= 0.6 is 0 Å². The molecular formula is C18H19NO4. The Bertz CT molecular complexity index is 692. The van der Waals surface area contributed by atoms with Gasteiger partial charge in [-0.15, -0.1) is 0 Å². The van der Waals surface area contributed by atoms with Crippen LogP contribution in [0.1, 0.15) is 27.5 Å². The van der Waals surface area contributed by atoms with Gasteiger partial charge in [-0.1, -0.05) is 29.8 Å². The summed E-state index contributed by atoms with van der Waals surface area (Å²) in [6, 6.07) is 12.6. The number of hydrogen-bond donors (Lipinski definition) is 1. The summed E-state index contributed by atoms with van der Waals surface area (Å²) in [4.78, 5) is 25.4. The molecule has 2 aromatic carbocycles. The van der Waals surface area contributed by atoms with Gasteiger partial charge in [-0.25, -0.2) is 4.79 Å². The second-order valence-electron chi connectivity index (χ2n) is 5.30. The van der Waals surface area contributed by atoms with E-state index < -0.39 is 12.0 Å². The highest BCUT2D eigenvalue weighted by molar-refractivity contribution is 5.96. The summed E-state index contributed by atoms with van der Waals surface area (Å²) in [5.41, 5.74) is 2.01. The zero-order valence-corrected chi connectivity index (χ0v) is 13.3. The van der Waals surface area contributed by atoms with Crippen molar-refractivity contribution in [3.05, 3.63) is 65.2 Å². The van der Waals surface area contributed by atoms with Crippen molar-refractivity contribution in [3.8, 4) is 5.75 Å². The van der Waals surface area contributed by atoms with Crippen LogP contribution in [0.25, 0.3) is 0 Å². The molecule has 0 aromatic heterocycles. The summed E-state index contributed by atoms with van der Waals surface area (Å²) < 4.78 is 5.07. The molecule has 1 atom stereocenters. The first-order chi connectivity index (χ1) is 10.9. The summed E-state index contributed by atoms with van der Waals surface area (Å²) in [5.74, 6) is -0.795. The molecule has 0 saturated carbocycles. The van der Waals surface area contributed by atoms with E-state index in [1.54, 1.807) is 36.4 Å². The highest BCUT2D eigenvalue weighted by Crippen LogP contribution is 2.24. The van der Waals surface area contributed by atoms with E-state index in [4.69, 9.17) is 4.74 Å². The number of nitrogens with zero attached hydrogens (tertiary/aromatic N) is 1. The SMILES string of the molecule is COc1ccc(C(C(=O)O)N(C)C(=O)c2ccc(C)cc2)cc1. The largest absolute Gasteiger partial charge is 0.497 e. The van der Waals surface area contributed by atoms with Crippen LogP contribution in [-0.4, -0.2) is 36.0 Å². The number of hydrogen-bond acceptors (Lipinski definition) is 3. The lowest BCUT2D eigenvalue weighted by molar-refractivity contribution is -0.142. The Labute approximate surface area is 135 Å². The molecule has 5 nitrogen and oxygen atoms in total. The summed E-state index contributed by atoms with van der Waals surface area (Å²) in [6.07, 6.45) is 0. The first-order valence-corrected chi connectivity index (χ1v) is 7.14. The Hall–Kier alpha value is -2.82. The fraction of sp³-hybridized carbons (Fsp3) is 0.222. The molecule has 1 amide bonds. The fourth-order valence-electron chi connectivity index (χ4n) is 2.34. The molecule has 0 bridgehead atoms. The second-order valence-corrected chi connectivity index (χ2v) is 5.30. The van der Waals surface area contributed by atoms with Crippen molar-refractivity contribution in [3.63, 3.8) is 0 Å². The highest BCUT2D eigenvalue weighted by atomic mass is 16.5. The third-order valence-corrected chi connectivity index (χ3v) is 3.67. The van der Waals surface area contributed by atoms with Crippen LogP contribution in [0.3, 0.4) is 0 Å². The van der Waals surface area contributed by atoms with Gasteiger partial charge in [0.25, 0.3) is 5.91 Å². The average molecular weight is 313 g/mol. The molecule has 0 fully saturated rings. The van der Waals surface area contributed by atoms with E-state index >= 15 is 0 Å². The number of amides is 1. The molecule has 0 aliphatic rings. The molecule has 5 heteroatoms. The topological polar surface area (TPSA) is 66.8 Å². The summed E-state index contributed by atoms with van der Waals surface area (Å²) in [6.45, 7) is 1.93. The van der Waals surface area contributed by atoms with Crippen molar-refractivity contribution >= 4 is 11.9 Å². The molecule has 0 aliphatic heterocycles. The molecule has 120 valence electrons. The molecule has 2 aromatic rings. The van der Waals surface area contributed by atoms with Crippen molar-refractivity contribution in [1.29, 1.82) is 0 Å². The van der Waals surface area contributed by atoms with Crippen molar-refractivity contribution in [2.45, 2.75) is 13.0 Å². The predicted molar refractivity (Wildman–Crippen MR) is 86.6 cm³/mol. The number of likely N-dealkylation sites (N-methyl/N-ethyl adjacent to an activating group) is 1. The minimum Gasteiger partial charge on any atom is -0.497 e. The maximum Gasteiger partial charge on any atom is 0.331 e. The van der Waals surface area contributed by atoms with Gasteiger partial charge in [0.2, 0.25) is 0 Å². The number of carboxylic acid groups (broad SMARTS) is 1. The van der Waals surface area contributed by atoms with E-state index in [1.807, 2.05) is 19.1 Å². The van der Waals surface area contributed by atoms with E-state index in [1.165, 1.54) is 19.1 Å². The van der Waals surface area contributed by atoms with E-state index in [9.17, 15) is 14.7 Å². The van der Waals surface area contributed by atoms with Crippen molar-refractivity contribution in [2.75, 3.05) is 14.2 Å². The number of aliphatic carboxylic acids is 1. The zero-order chi connectivity index (χ0) is 17.0. The number of ether oxygens (including phenoxy) is 1. The van der Waals surface area contributed by atoms with Crippen LogP contribution in [-0.2, 0) is 4.79 Å². The summed E-state index contributed by atoms with van der Waals surface area (Å²) >= 11 is 0. The Morgan fingerprint density at radius 3 is 2.09 bits per heavy atom. The van der Waals surface area contributed by atoms with Gasteiger partial charge in [-0.2, -0.15) is 0 Å². The van der Waals surface area contributed by atoms with Gasteiger partial charge in [0.1, 0.15) is 5.75 Å². The standard InChI is InChI=1S/C18H19NO4/c1-12-4-6-14(7-5-12)17(20)19(2)16(18(21)22)13-8-10-15(23-3)11-9-13/h4-11,16H,1-3H3,(H,21,22). The number of methoxy groups -OCH3 is 1. The average Bonchev–Trinajstić information content (AvgIpc) is 2.55. The Morgan fingerprint density at radius 2 is 1.61 bits per heavy atom. The van der Waals surface area contributed by atoms with Crippen LogP contribution in [0.4, 0.5) is 0 Å². The number of benzene rings is 2. The highest BCUT2D eigenvalue weighted by Gasteiger charge is 2.28. The predicted octanol–water partition coefficient (Wildman–Crippen LogP) is 2.90. The number of carbonyl (C=O) groups is 2. The second kappa shape index (κ2) is 6.96. The Kier molecular flexibility index (Phi) is 5.01. The van der Waals surface area contributed by atoms with Crippen molar-refractivity contribution in [1.82, 2.24) is 4.90 Å². The summed E-state index contributed by atoms with van der Waals surface area (Å²) in [7, 11) is 3.03. The molecule has 0 spiro atoms. The summed E-state index contributed by atoms with van der Waals surface area (Å²) in [5, 5.41) is 9.54. The van der Waals surface area contributed by atoms with Crippen molar-refractivity contribution < 1.29 is 19.4 Å². The molecule has 0 radical (unpaired) electrons. The van der Waals surface area contributed by atoms with Crippen molar-refractivity contribution in [2.24, 2.45) is 0 Å². The van der Waals surface area contributed by atoms with E-state index in [0.717, 1.165) is 5.56 Å². The third-order valence-electron chi connectivity index (χ3n) is 3.67. The van der Waals surface area contributed by atoms with Crippen LogP contribution in [0, 0.1) is 6.92 Å². The van der Waals surface area contributed by atoms with Gasteiger partial charge in [0.05, 0.1) is 7.11 Å². The molecule has 1 unspecified atom stereocenters. The smallest absolute Gasteiger partial charge is 0.331 e. The molecular weight excluding hydrogens is 294 g/mol. The van der Waals surface area contributed by atoms with Crippen LogP contribution in [0.5, 0.6) is 5.75 Å². The van der Waals surface area contributed by atoms with Gasteiger partial charge >= 0.3 is 5.97 Å². The van der Waals surface area contributed by atoms with Crippen LogP contribution in [0.15, 0.2) is 48.5 Å². The lowest BCUT2D eigenvalue weighted by atomic mass is 10.0. The van der Waals surface area contributed by atoms with Crippen LogP contribution in [0.2, 0.25) is 0 Å². The van der Waals surface area contributed by atoms with Gasteiger partial charge in [0.15, 0.2) is 6.04 Å². The normalized spacial score (nSPS) is 11.6. The number of rotatable bonds is 5. The van der Waals surface area contributed by atoms with E-state index in [-0.39, 0.29) is 5.91 Å². The molecule has 1 N–H and O–H groups in total. The lowest BCUT2D eigenvalue weighted by Crippen LogP contribution is -2.35. The van der Waals surface area contributed by atoms with Gasteiger partial charge in [-0.3, -0.25) is 4.79 Å². The molecule has 2 rings (SSSR count). The lowest BCUT2D eigenvalue weighted by Gasteiger charge is -2.25. The molecule has 23 heavy (non-hydrogen) atoms. The van der Waals surface area contributed by atoms with E-state index in [0.29, 0.717) is 16.9 Å². The van der Waals surface area contributed by atoms with E-state index in [2.05, 4.69) is 0 Å². The quantitative estimate of drug-likeness (QED) is 0.921. The molecule has 0 saturated heterocycles.